The standard InChI is InChI=1S/C22H25FN4O/c1-16-12-17(2)27(26-16)15-19-7-4-10-21(14-19)25-22(28)24-11-5-8-18-6-3-9-20(23)13-18/h3-4,6-7,9-10,12-14H,5,8,11,15H2,1-2H3,(H2,24,25,28). The summed E-state index contributed by atoms with van der Waals surface area (Å²) in [5.74, 6) is -0.233. The first-order chi connectivity index (χ1) is 13.5. The number of aryl methyl sites for hydroxylation is 3. The van der Waals surface area contributed by atoms with Crippen LogP contribution in [-0.2, 0) is 13.0 Å². The van der Waals surface area contributed by atoms with Gasteiger partial charge in [-0.1, -0.05) is 24.3 Å². The van der Waals surface area contributed by atoms with Crippen LogP contribution in [0.15, 0.2) is 54.6 Å². The van der Waals surface area contributed by atoms with Crippen molar-refractivity contribution in [3.8, 4) is 0 Å². The molecule has 0 aliphatic heterocycles. The van der Waals surface area contributed by atoms with Gasteiger partial charge in [-0.15, -0.1) is 0 Å². The maximum atomic E-state index is 13.2. The number of hydrogen-bond acceptors (Lipinski definition) is 2. The molecule has 1 heterocycles. The number of carbonyl (C=O) groups excluding carboxylic acids is 1. The molecule has 1 aromatic heterocycles. The Hall–Kier alpha value is -3.15. The maximum absolute atomic E-state index is 13.2. The first-order valence-corrected chi connectivity index (χ1v) is 9.39. The van der Waals surface area contributed by atoms with Crippen molar-refractivity contribution >= 4 is 11.7 Å². The molecule has 0 spiro atoms. The molecule has 5 nitrogen and oxygen atoms in total. The molecule has 28 heavy (non-hydrogen) atoms. The summed E-state index contributed by atoms with van der Waals surface area (Å²) in [6.45, 7) is 5.18. The number of nitrogens with one attached hydrogen (secondary N) is 2. The fourth-order valence-electron chi connectivity index (χ4n) is 3.12. The quantitative estimate of drug-likeness (QED) is 0.595. The molecule has 0 saturated heterocycles. The molecule has 0 radical (unpaired) electrons. The maximum Gasteiger partial charge on any atom is 0.319 e. The summed E-state index contributed by atoms with van der Waals surface area (Å²) < 4.78 is 15.1. The summed E-state index contributed by atoms with van der Waals surface area (Å²) in [5.41, 5.74) is 4.83. The van der Waals surface area contributed by atoms with Crippen molar-refractivity contribution in [2.45, 2.75) is 33.2 Å². The zero-order valence-electron chi connectivity index (χ0n) is 16.2. The van der Waals surface area contributed by atoms with E-state index in [1.54, 1.807) is 6.07 Å². The number of amides is 2. The molecular weight excluding hydrogens is 355 g/mol. The SMILES string of the molecule is Cc1cc(C)n(Cc2cccc(NC(=O)NCCCc3cccc(F)c3)c2)n1. The molecule has 6 heteroatoms. The zero-order valence-corrected chi connectivity index (χ0v) is 16.2. The van der Waals surface area contributed by atoms with Crippen molar-refractivity contribution in [1.82, 2.24) is 15.1 Å². The first-order valence-electron chi connectivity index (χ1n) is 9.39. The number of hydrogen-bond donors (Lipinski definition) is 2. The van der Waals surface area contributed by atoms with E-state index in [0.29, 0.717) is 13.1 Å². The fraction of sp³-hybridized carbons (Fsp3) is 0.273. The van der Waals surface area contributed by atoms with E-state index in [2.05, 4.69) is 15.7 Å². The minimum Gasteiger partial charge on any atom is -0.338 e. The van der Waals surface area contributed by atoms with Crippen molar-refractivity contribution in [1.29, 1.82) is 0 Å². The molecule has 0 aliphatic rings. The van der Waals surface area contributed by atoms with Crippen molar-refractivity contribution in [3.05, 3.63) is 82.9 Å². The molecular formula is C22H25FN4O. The average Bonchev–Trinajstić information content (AvgIpc) is 2.96. The van der Waals surface area contributed by atoms with Gasteiger partial charge in [0, 0.05) is 17.9 Å². The lowest BCUT2D eigenvalue weighted by atomic mass is 10.1. The lowest BCUT2D eigenvalue weighted by molar-refractivity contribution is 0.252. The molecule has 0 atom stereocenters. The van der Waals surface area contributed by atoms with Gasteiger partial charge in [0.1, 0.15) is 5.82 Å². The highest BCUT2D eigenvalue weighted by Crippen LogP contribution is 2.13. The van der Waals surface area contributed by atoms with E-state index >= 15 is 0 Å². The van der Waals surface area contributed by atoms with Crippen molar-refractivity contribution in [2.24, 2.45) is 0 Å². The summed E-state index contributed by atoms with van der Waals surface area (Å²) in [4.78, 5) is 12.1. The molecule has 2 aromatic carbocycles. The number of urea groups is 1. The highest BCUT2D eigenvalue weighted by molar-refractivity contribution is 5.89. The normalized spacial score (nSPS) is 10.7. The Kier molecular flexibility index (Phi) is 6.42. The largest absolute Gasteiger partial charge is 0.338 e. The van der Waals surface area contributed by atoms with Gasteiger partial charge >= 0.3 is 6.03 Å². The van der Waals surface area contributed by atoms with Gasteiger partial charge in [-0.05, 0) is 68.1 Å². The monoisotopic (exact) mass is 380 g/mol. The van der Waals surface area contributed by atoms with E-state index in [0.717, 1.165) is 41.0 Å². The van der Waals surface area contributed by atoms with Crippen LogP contribution in [0.2, 0.25) is 0 Å². The Bertz CT molecular complexity index is 951. The lowest BCUT2D eigenvalue weighted by Crippen LogP contribution is -2.29. The Morgan fingerprint density at radius 3 is 2.61 bits per heavy atom. The van der Waals surface area contributed by atoms with Crippen molar-refractivity contribution < 1.29 is 9.18 Å². The molecule has 0 bridgehead atoms. The second-order valence-corrected chi connectivity index (χ2v) is 6.90. The molecule has 0 saturated carbocycles. The van der Waals surface area contributed by atoms with Crippen molar-refractivity contribution in [2.75, 3.05) is 11.9 Å². The van der Waals surface area contributed by atoms with Gasteiger partial charge < -0.3 is 10.6 Å². The van der Waals surface area contributed by atoms with Gasteiger partial charge in [0.05, 0.1) is 12.2 Å². The van der Waals surface area contributed by atoms with Crippen LogP contribution < -0.4 is 10.6 Å². The summed E-state index contributed by atoms with van der Waals surface area (Å²) in [5, 5.41) is 10.2. The number of rotatable bonds is 7. The van der Waals surface area contributed by atoms with E-state index in [4.69, 9.17) is 0 Å². The van der Waals surface area contributed by atoms with Crippen LogP contribution in [0, 0.1) is 19.7 Å². The molecule has 0 fully saturated rings. The Labute approximate surface area is 164 Å². The third kappa shape index (κ3) is 5.67. The Morgan fingerprint density at radius 2 is 1.86 bits per heavy atom. The minimum atomic E-state index is -0.248. The Balaban J connectivity index is 1.46. The molecule has 2 N–H and O–H groups in total. The van der Waals surface area contributed by atoms with Gasteiger partial charge in [-0.25, -0.2) is 9.18 Å². The van der Waals surface area contributed by atoms with E-state index in [1.807, 2.05) is 54.9 Å². The molecule has 3 aromatic rings. The molecule has 0 aliphatic carbocycles. The lowest BCUT2D eigenvalue weighted by Gasteiger charge is -2.10. The summed E-state index contributed by atoms with van der Waals surface area (Å²) in [7, 11) is 0. The highest BCUT2D eigenvalue weighted by atomic mass is 19.1. The van der Waals surface area contributed by atoms with Crippen LogP contribution in [0.5, 0.6) is 0 Å². The number of carbonyl (C=O) groups is 1. The third-order valence-corrected chi connectivity index (χ3v) is 4.44. The topological polar surface area (TPSA) is 59.0 Å². The predicted molar refractivity (Wildman–Crippen MR) is 109 cm³/mol. The fourth-order valence-corrected chi connectivity index (χ4v) is 3.12. The van der Waals surface area contributed by atoms with Crippen LogP contribution in [0.3, 0.4) is 0 Å². The van der Waals surface area contributed by atoms with Crippen LogP contribution >= 0.6 is 0 Å². The molecule has 0 unspecified atom stereocenters. The van der Waals surface area contributed by atoms with E-state index in [9.17, 15) is 9.18 Å². The number of nitrogens with zero attached hydrogens (tertiary/aromatic N) is 2. The first kappa shape index (κ1) is 19.6. The summed E-state index contributed by atoms with van der Waals surface area (Å²) in [6.07, 6.45) is 1.46. The number of anilines is 1. The second kappa shape index (κ2) is 9.17. The van der Waals surface area contributed by atoms with Crippen LogP contribution in [0.1, 0.15) is 28.9 Å². The van der Waals surface area contributed by atoms with Gasteiger partial charge in [-0.2, -0.15) is 5.10 Å². The van der Waals surface area contributed by atoms with E-state index in [1.165, 1.54) is 12.1 Å². The van der Waals surface area contributed by atoms with Crippen LogP contribution in [0.25, 0.3) is 0 Å². The molecule has 3 rings (SSSR count). The highest BCUT2D eigenvalue weighted by Gasteiger charge is 2.05. The number of aromatic nitrogens is 2. The van der Waals surface area contributed by atoms with Gasteiger partial charge in [0.15, 0.2) is 0 Å². The van der Waals surface area contributed by atoms with E-state index in [-0.39, 0.29) is 11.8 Å². The van der Waals surface area contributed by atoms with Gasteiger partial charge in [0.25, 0.3) is 0 Å². The minimum absolute atomic E-state index is 0.233. The predicted octanol–water partition coefficient (Wildman–Crippen LogP) is 4.44. The molecule has 146 valence electrons. The van der Waals surface area contributed by atoms with Gasteiger partial charge in [0.2, 0.25) is 0 Å². The van der Waals surface area contributed by atoms with E-state index < -0.39 is 0 Å². The summed E-state index contributed by atoms with van der Waals surface area (Å²) >= 11 is 0. The van der Waals surface area contributed by atoms with Gasteiger partial charge in [-0.3, -0.25) is 4.68 Å². The smallest absolute Gasteiger partial charge is 0.319 e. The average molecular weight is 380 g/mol. The summed E-state index contributed by atoms with van der Waals surface area (Å²) in [6, 6.07) is 16.1. The zero-order chi connectivity index (χ0) is 19.9. The second-order valence-electron chi connectivity index (χ2n) is 6.90. The third-order valence-electron chi connectivity index (χ3n) is 4.44. The van der Waals surface area contributed by atoms with Crippen LogP contribution in [-0.4, -0.2) is 22.4 Å². The van der Waals surface area contributed by atoms with Crippen molar-refractivity contribution in [3.63, 3.8) is 0 Å². The number of benzene rings is 2. The Morgan fingerprint density at radius 1 is 1.07 bits per heavy atom. The number of halogens is 1. The molecule has 2 amide bonds. The van der Waals surface area contributed by atoms with Crippen LogP contribution in [0.4, 0.5) is 14.9 Å².